The Labute approximate surface area is 97.4 Å². The van der Waals surface area contributed by atoms with Crippen molar-refractivity contribution in [2.45, 2.75) is 25.7 Å². The van der Waals surface area contributed by atoms with Gasteiger partial charge in [-0.05, 0) is 43.7 Å². The number of rotatable bonds is 2. The standard InChI is InChI=1S/C11H19NO2.ClH/c1-14-11(13)5-10-8-3-2-4-9(10)7-12-6-8;/h8-10,12H,2-7H2,1H3;1H. The summed E-state index contributed by atoms with van der Waals surface area (Å²) in [6.45, 7) is 2.19. The Morgan fingerprint density at radius 2 is 1.93 bits per heavy atom. The molecule has 2 fully saturated rings. The Kier molecular flexibility index (Phi) is 4.87. The molecule has 1 saturated heterocycles. The lowest BCUT2D eigenvalue weighted by atomic mass is 9.68. The Hall–Kier alpha value is -0.280. The van der Waals surface area contributed by atoms with E-state index in [4.69, 9.17) is 4.74 Å². The van der Waals surface area contributed by atoms with Gasteiger partial charge in [0, 0.05) is 6.42 Å². The molecule has 0 spiro atoms. The zero-order chi connectivity index (χ0) is 9.97. The van der Waals surface area contributed by atoms with Crippen LogP contribution in [0, 0.1) is 17.8 Å². The van der Waals surface area contributed by atoms with Crippen LogP contribution in [-0.4, -0.2) is 26.2 Å². The van der Waals surface area contributed by atoms with Crippen LogP contribution >= 0.6 is 12.4 Å². The first-order chi connectivity index (χ1) is 6.81. The fraction of sp³-hybridized carbons (Fsp3) is 0.909. The maximum atomic E-state index is 11.3. The van der Waals surface area contributed by atoms with Gasteiger partial charge in [0.15, 0.2) is 0 Å². The SMILES string of the molecule is COC(=O)CC1C2CCCC1CNC2.Cl. The Morgan fingerprint density at radius 1 is 1.33 bits per heavy atom. The number of methoxy groups -OCH3 is 1. The molecule has 2 aliphatic rings. The lowest BCUT2D eigenvalue weighted by Gasteiger charge is -2.42. The first kappa shape index (κ1) is 12.8. The first-order valence-corrected chi connectivity index (χ1v) is 5.59. The van der Waals surface area contributed by atoms with E-state index in [0.29, 0.717) is 24.2 Å². The number of carbonyl (C=O) groups excluding carboxylic acids is 1. The molecule has 2 atom stereocenters. The molecule has 2 unspecified atom stereocenters. The third kappa shape index (κ3) is 2.85. The van der Waals surface area contributed by atoms with Crippen molar-refractivity contribution in [2.75, 3.05) is 20.2 Å². The van der Waals surface area contributed by atoms with Crippen molar-refractivity contribution >= 4 is 18.4 Å². The Balaban J connectivity index is 0.00000112. The van der Waals surface area contributed by atoms with Crippen LogP contribution in [0.15, 0.2) is 0 Å². The first-order valence-electron chi connectivity index (χ1n) is 5.59. The number of hydrogen-bond acceptors (Lipinski definition) is 3. The molecular formula is C11H20ClNO2. The average Bonchev–Trinajstić information content (AvgIpc) is 2.17. The maximum absolute atomic E-state index is 11.3. The molecule has 1 heterocycles. The van der Waals surface area contributed by atoms with Gasteiger partial charge in [0.2, 0.25) is 0 Å². The molecule has 1 saturated carbocycles. The molecule has 1 N–H and O–H groups in total. The van der Waals surface area contributed by atoms with Gasteiger partial charge in [-0.25, -0.2) is 0 Å². The molecule has 0 aromatic rings. The molecule has 2 rings (SSSR count). The topological polar surface area (TPSA) is 38.3 Å². The molecule has 3 nitrogen and oxygen atoms in total. The minimum atomic E-state index is -0.0335. The number of carbonyl (C=O) groups is 1. The quantitative estimate of drug-likeness (QED) is 0.737. The third-order valence-electron chi connectivity index (χ3n) is 3.80. The highest BCUT2D eigenvalue weighted by molar-refractivity contribution is 5.85. The van der Waals surface area contributed by atoms with Gasteiger partial charge in [0.05, 0.1) is 7.11 Å². The highest BCUT2D eigenvalue weighted by atomic mass is 35.5. The van der Waals surface area contributed by atoms with Gasteiger partial charge in [-0.3, -0.25) is 4.79 Å². The van der Waals surface area contributed by atoms with Gasteiger partial charge in [0.1, 0.15) is 0 Å². The summed E-state index contributed by atoms with van der Waals surface area (Å²) in [6, 6.07) is 0. The Morgan fingerprint density at radius 3 is 2.47 bits per heavy atom. The lowest BCUT2D eigenvalue weighted by Crippen LogP contribution is -2.46. The number of fused-ring (bicyclic) bond motifs is 2. The molecule has 0 amide bonds. The summed E-state index contributed by atoms with van der Waals surface area (Å²) >= 11 is 0. The number of piperidine rings is 1. The smallest absolute Gasteiger partial charge is 0.305 e. The second kappa shape index (κ2) is 5.71. The molecule has 2 bridgehead atoms. The zero-order valence-corrected chi connectivity index (χ0v) is 10.0. The number of halogens is 1. The van der Waals surface area contributed by atoms with Crippen molar-refractivity contribution in [3.05, 3.63) is 0 Å². The van der Waals surface area contributed by atoms with Gasteiger partial charge >= 0.3 is 5.97 Å². The Bertz CT molecular complexity index is 201. The summed E-state index contributed by atoms with van der Waals surface area (Å²) in [5.74, 6) is 1.97. The average molecular weight is 234 g/mol. The molecule has 0 aromatic heterocycles. The van der Waals surface area contributed by atoms with E-state index < -0.39 is 0 Å². The summed E-state index contributed by atoms with van der Waals surface area (Å²) in [7, 11) is 1.49. The van der Waals surface area contributed by atoms with Gasteiger partial charge in [-0.2, -0.15) is 0 Å². The van der Waals surface area contributed by atoms with Crippen LogP contribution < -0.4 is 5.32 Å². The van der Waals surface area contributed by atoms with Crippen molar-refractivity contribution in [2.24, 2.45) is 17.8 Å². The van der Waals surface area contributed by atoms with E-state index >= 15 is 0 Å². The van der Waals surface area contributed by atoms with E-state index in [1.165, 1.54) is 26.4 Å². The molecule has 0 aromatic carbocycles. The number of ether oxygens (including phenoxy) is 1. The van der Waals surface area contributed by atoms with Crippen LogP contribution in [0.3, 0.4) is 0 Å². The maximum Gasteiger partial charge on any atom is 0.305 e. The van der Waals surface area contributed by atoms with E-state index in [9.17, 15) is 4.79 Å². The molecule has 15 heavy (non-hydrogen) atoms. The zero-order valence-electron chi connectivity index (χ0n) is 9.20. The van der Waals surface area contributed by atoms with Gasteiger partial charge in [0.25, 0.3) is 0 Å². The largest absolute Gasteiger partial charge is 0.469 e. The van der Waals surface area contributed by atoms with E-state index in [-0.39, 0.29) is 18.4 Å². The number of esters is 1. The second-order valence-electron chi connectivity index (χ2n) is 4.55. The summed E-state index contributed by atoms with van der Waals surface area (Å²) < 4.78 is 4.76. The molecular weight excluding hydrogens is 214 g/mol. The van der Waals surface area contributed by atoms with Crippen molar-refractivity contribution in [3.8, 4) is 0 Å². The third-order valence-corrected chi connectivity index (χ3v) is 3.80. The van der Waals surface area contributed by atoms with Crippen molar-refractivity contribution < 1.29 is 9.53 Å². The summed E-state index contributed by atoms with van der Waals surface area (Å²) in [5.41, 5.74) is 0. The van der Waals surface area contributed by atoms with Crippen LogP contribution in [0.5, 0.6) is 0 Å². The minimum Gasteiger partial charge on any atom is -0.469 e. The summed E-state index contributed by atoms with van der Waals surface area (Å²) in [4.78, 5) is 11.3. The molecule has 4 heteroatoms. The predicted octanol–water partition coefficient (Wildman–Crippen LogP) is 1.61. The van der Waals surface area contributed by atoms with Gasteiger partial charge < -0.3 is 10.1 Å². The molecule has 1 aliphatic heterocycles. The van der Waals surface area contributed by atoms with Crippen LogP contribution in [0.1, 0.15) is 25.7 Å². The van der Waals surface area contributed by atoms with E-state index in [1.807, 2.05) is 0 Å². The fourth-order valence-electron chi connectivity index (χ4n) is 3.03. The van der Waals surface area contributed by atoms with Gasteiger partial charge in [-0.1, -0.05) is 6.42 Å². The van der Waals surface area contributed by atoms with Crippen molar-refractivity contribution in [1.29, 1.82) is 0 Å². The summed E-state index contributed by atoms with van der Waals surface area (Å²) in [5, 5.41) is 3.46. The fourth-order valence-corrected chi connectivity index (χ4v) is 3.03. The van der Waals surface area contributed by atoms with Gasteiger partial charge in [-0.15, -0.1) is 12.4 Å². The van der Waals surface area contributed by atoms with E-state index in [1.54, 1.807) is 0 Å². The molecule has 88 valence electrons. The minimum absolute atomic E-state index is 0. The normalized spacial score (nSPS) is 34.1. The highest BCUT2D eigenvalue weighted by Gasteiger charge is 2.37. The van der Waals surface area contributed by atoms with Crippen LogP contribution in [0.2, 0.25) is 0 Å². The van der Waals surface area contributed by atoms with Crippen LogP contribution in [-0.2, 0) is 9.53 Å². The van der Waals surface area contributed by atoms with Crippen molar-refractivity contribution in [3.63, 3.8) is 0 Å². The van der Waals surface area contributed by atoms with E-state index in [0.717, 1.165) is 13.1 Å². The monoisotopic (exact) mass is 233 g/mol. The molecule has 0 radical (unpaired) electrons. The highest BCUT2D eigenvalue weighted by Crippen LogP contribution is 2.38. The predicted molar refractivity (Wildman–Crippen MR) is 61.1 cm³/mol. The van der Waals surface area contributed by atoms with E-state index in [2.05, 4.69) is 5.32 Å². The number of hydrogen-bond donors (Lipinski definition) is 1. The second-order valence-corrected chi connectivity index (χ2v) is 4.55. The van der Waals surface area contributed by atoms with Crippen LogP contribution in [0.4, 0.5) is 0 Å². The lowest BCUT2D eigenvalue weighted by molar-refractivity contribution is -0.143. The van der Waals surface area contributed by atoms with Crippen LogP contribution in [0.25, 0.3) is 0 Å². The van der Waals surface area contributed by atoms with Crippen molar-refractivity contribution in [1.82, 2.24) is 5.32 Å². The number of nitrogens with one attached hydrogen (secondary N) is 1. The molecule has 1 aliphatic carbocycles. The summed E-state index contributed by atoms with van der Waals surface area (Å²) in [6.07, 6.45) is 4.54.